The van der Waals surface area contributed by atoms with Gasteiger partial charge >= 0.3 is 0 Å². The molecule has 0 aromatic heterocycles. The first-order valence-electron chi connectivity index (χ1n) is 5.90. The van der Waals surface area contributed by atoms with Gasteiger partial charge in [0.25, 0.3) is 0 Å². The molecule has 1 heteroatoms. The third kappa shape index (κ3) is 1.59. The second kappa shape index (κ2) is 3.64. The van der Waals surface area contributed by atoms with E-state index in [9.17, 15) is 0 Å². The van der Waals surface area contributed by atoms with Crippen molar-refractivity contribution in [1.82, 2.24) is 0 Å². The Morgan fingerprint density at radius 3 is 2.47 bits per heavy atom. The molecule has 1 aliphatic rings. The van der Waals surface area contributed by atoms with Gasteiger partial charge in [0.15, 0.2) is 0 Å². The molecule has 2 atom stereocenters. The van der Waals surface area contributed by atoms with Crippen molar-refractivity contribution in [3.8, 4) is 0 Å². The van der Waals surface area contributed by atoms with Crippen molar-refractivity contribution in [1.29, 1.82) is 0 Å². The maximum atomic E-state index is 5.83. The molecule has 1 aliphatic carbocycles. The van der Waals surface area contributed by atoms with E-state index in [1.165, 1.54) is 11.1 Å². The zero-order valence-electron chi connectivity index (χ0n) is 9.96. The molecule has 2 rings (SSSR count). The third-order valence-electron chi connectivity index (χ3n) is 4.08. The van der Waals surface area contributed by atoms with Gasteiger partial charge in [0.1, 0.15) is 0 Å². The van der Waals surface area contributed by atoms with Gasteiger partial charge in [-0.15, -0.1) is 0 Å². The molecule has 15 heavy (non-hydrogen) atoms. The van der Waals surface area contributed by atoms with Gasteiger partial charge in [0, 0.05) is 0 Å². The largest absolute Gasteiger partial charge is 0.330 e. The zero-order chi connectivity index (χ0) is 11.1. The molecule has 2 N–H and O–H groups in total. The van der Waals surface area contributed by atoms with E-state index < -0.39 is 0 Å². The van der Waals surface area contributed by atoms with Crippen molar-refractivity contribution in [3.63, 3.8) is 0 Å². The normalized spacial score (nSPS) is 27.7. The number of aryl methyl sites for hydroxylation is 1. The van der Waals surface area contributed by atoms with Gasteiger partial charge < -0.3 is 5.73 Å². The summed E-state index contributed by atoms with van der Waals surface area (Å²) >= 11 is 0. The lowest BCUT2D eigenvalue weighted by atomic mass is 9.97. The Balaban J connectivity index is 2.32. The standard InChI is InChI=1S/C14H21N/c1-4-10-7-5-6-8-11(10)13-12(9-15)14(13,2)3/h5-8,12-13H,4,9,15H2,1-3H3/t12-,13-/m0/s1. The fraction of sp³-hybridized carbons (Fsp3) is 0.571. The van der Waals surface area contributed by atoms with Crippen molar-refractivity contribution < 1.29 is 0 Å². The van der Waals surface area contributed by atoms with E-state index >= 15 is 0 Å². The molecule has 0 spiro atoms. The first-order chi connectivity index (χ1) is 7.12. The summed E-state index contributed by atoms with van der Waals surface area (Å²) in [6.07, 6.45) is 1.13. The number of hydrogen-bond acceptors (Lipinski definition) is 1. The molecule has 1 nitrogen and oxygen atoms in total. The van der Waals surface area contributed by atoms with Gasteiger partial charge in [0.2, 0.25) is 0 Å². The number of hydrogen-bond donors (Lipinski definition) is 1. The van der Waals surface area contributed by atoms with Crippen LogP contribution in [0.3, 0.4) is 0 Å². The van der Waals surface area contributed by atoms with E-state index in [1.807, 2.05) is 0 Å². The van der Waals surface area contributed by atoms with Crippen LogP contribution in [-0.2, 0) is 6.42 Å². The van der Waals surface area contributed by atoms with Crippen LogP contribution < -0.4 is 5.73 Å². The smallest absolute Gasteiger partial charge is 0.00375 e. The maximum Gasteiger partial charge on any atom is -0.00375 e. The summed E-state index contributed by atoms with van der Waals surface area (Å²) < 4.78 is 0. The predicted octanol–water partition coefficient (Wildman–Crippen LogP) is 2.95. The van der Waals surface area contributed by atoms with Crippen LogP contribution >= 0.6 is 0 Å². The Bertz CT molecular complexity index is 354. The molecule has 0 amide bonds. The lowest BCUT2D eigenvalue weighted by molar-refractivity contribution is 0.558. The zero-order valence-corrected chi connectivity index (χ0v) is 9.96. The van der Waals surface area contributed by atoms with Crippen molar-refractivity contribution in [2.24, 2.45) is 17.1 Å². The summed E-state index contributed by atoms with van der Waals surface area (Å²) in [6.45, 7) is 7.71. The highest BCUT2D eigenvalue weighted by atomic mass is 14.7. The van der Waals surface area contributed by atoms with Crippen LogP contribution in [0.1, 0.15) is 37.8 Å². The lowest BCUT2D eigenvalue weighted by Crippen LogP contribution is -2.05. The van der Waals surface area contributed by atoms with Gasteiger partial charge in [-0.2, -0.15) is 0 Å². The van der Waals surface area contributed by atoms with Crippen molar-refractivity contribution in [3.05, 3.63) is 35.4 Å². The summed E-state index contributed by atoms with van der Waals surface area (Å²) in [5.74, 6) is 1.35. The summed E-state index contributed by atoms with van der Waals surface area (Å²) in [7, 11) is 0. The third-order valence-corrected chi connectivity index (χ3v) is 4.08. The van der Waals surface area contributed by atoms with Crippen LogP contribution in [0.2, 0.25) is 0 Å². The van der Waals surface area contributed by atoms with Crippen molar-refractivity contribution in [2.75, 3.05) is 6.54 Å². The van der Waals surface area contributed by atoms with Gasteiger partial charge in [0.05, 0.1) is 0 Å². The monoisotopic (exact) mass is 203 g/mol. The summed E-state index contributed by atoms with van der Waals surface area (Å²) in [6, 6.07) is 8.81. The van der Waals surface area contributed by atoms with E-state index in [0.29, 0.717) is 17.3 Å². The van der Waals surface area contributed by atoms with Crippen molar-refractivity contribution in [2.45, 2.75) is 33.1 Å². The first kappa shape index (κ1) is 10.7. The van der Waals surface area contributed by atoms with E-state index in [4.69, 9.17) is 5.73 Å². The van der Waals surface area contributed by atoms with Gasteiger partial charge in [-0.3, -0.25) is 0 Å². The van der Waals surface area contributed by atoms with E-state index in [0.717, 1.165) is 13.0 Å². The van der Waals surface area contributed by atoms with Gasteiger partial charge in [-0.1, -0.05) is 45.0 Å². The molecule has 0 radical (unpaired) electrons. The van der Waals surface area contributed by atoms with Gasteiger partial charge in [-0.05, 0) is 41.3 Å². The molecule has 1 saturated carbocycles. The predicted molar refractivity (Wildman–Crippen MR) is 64.9 cm³/mol. The van der Waals surface area contributed by atoms with Crippen molar-refractivity contribution >= 4 is 0 Å². The topological polar surface area (TPSA) is 26.0 Å². The Kier molecular flexibility index (Phi) is 2.59. The fourth-order valence-corrected chi connectivity index (χ4v) is 2.96. The SMILES string of the molecule is CCc1ccccc1[C@H]1[C@H](CN)C1(C)C. The minimum Gasteiger partial charge on any atom is -0.330 e. The highest BCUT2D eigenvalue weighted by Gasteiger charge is 2.57. The Labute approximate surface area is 92.7 Å². The molecular formula is C14H21N. The van der Waals surface area contributed by atoms with E-state index in [2.05, 4.69) is 45.0 Å². The number of rotatable bonds is 3. The minimum absolute atomic E-state index is 0.403. The molecule has 1 aromatic carbocycles. The highest BCUT2D eigenvalue weighted by Crippen LogP contribution is 2.64. The van der Waals surface area contributed by atoms with Crippen LogP contribution in [0.25, 0.3) is 0 Å². The van der Waals surface area contributed by atoms with Crippen LogP contribution in [0.5, 0.6) is 0 Å². The molecular weight excluding hydrogens is 182 g/mol. The van der Waals surface area contributed by atoms with Gasteiger partial charge in [-0.25, -0.2) is 0 Å². The Morgan fingerprint density at radius 2 is 1.93 bits per heavy atom. The molecule has 1 fully saturated rings. The second-order valence-corrected chi connectivity index (χ2v) is 5.19. The van der Waals surface area contributed by atoms with E-state index in [-0.39, 0.29) is 0 Å². The quantitative estimate of drug-likeness (QED) is 0.803. The fourth-order valence-electron chi connectivity index (χ4n) is 2.96. The lowest BCUT2D eigenvalue weighted by Gasteiger charge is -2.08. The van der Waals surface area contributed by atoms with Crippen LogP contribution in [0, 0.1) is 11.3 Å². The van der Waals surface area contributed by atoms with Crippen LogP contribution in [0.15, 0.2) is 24.3 Å². The summed E-state index contributed by atoms with van der Waals surface area (Å²) in [5.41, 5.74) is 9.25. The summed E-state index contributed by atoms with van der Waals surface area (Å²) in [5, 5.41) is 0. The summed E-state index contributed by atoms with van der Waals surface area (Å²) in [4.78, 5) is 0. The molecule has 1 aromatic rings. The Hall–Kier alpha value is -0.820. The second-order valence-electron chi connectivity index (χ2n) is 5.19. The first-order valence-corrected chi connectivity index (χ1v) is 5.90. The molecule has 0 saturated heterocycles. The van der Waals surface area contributed by atoms with Crippen LogP contribution in [0.4, 0.5) is 0 Å². The number of nitrogens with two attached hydrogens (primary N) is 1. The average molecular weight is 203 g/mol. The molecule has 82 valence electrons. The highest BCUT2D eigenvalue weighted by molar-refractivity contribution is 5.38. The molecule has 0 aliphatic heterocycles. The molecule has 0 unspecified atom stereocenters. The minimum atomic E-state index is 0.403. The van der Waals surface area contributed by atoms with E-state index in [1.54, 1.807) is 0 Å². The maximum absolute atomic E-state index is 5.83. The average Bonchev–Trinajstić information content (AvgIpc) is 2.80. The molecule has 0 bridgehead atoms. The molecule has 0 heterocycles. The Morgan fingerprint density at radius 1 is 1.27 bits per heavy atom. The number of benzene rings is 1. The van der Waals surface area contributed by atoms with Crippen LogP contribution in [-0.4, -0.2) is 6.54 Å².